The molecule has 0 spiro atoms. The standard InChI is InChI=1S/C10H18N4O3S/c1-6(2)7(4-9(15)12-3)8-5-10(14-13-8)18(11,16)17/h5-7H,4H2,1-3H3,(H,12,15)(H,13,14)(H2,11,16,17). The third-order valence-corrected chi connectivity index (χ3v) is 3.55. The van der Waals surface area contributed by atoms with Gasteiger partial charge in [-0.15, -0.1) is 0 Å². The molecule has 1 amide bonds. The Morgan fingerprint density at radius 1 is 1.56 bits per heavy atom. The van der Waals surface area contributed by atoms with E-state index < -0.39 is 10.0 Å². The van der Waals surface area contributed by atoms with Crippen LogP contribution in [0.25, 0.3) is 0 Å². The van der Waals surface area contributed by atoms with Gasteiger partial charge in [-0.05, 0) is 12.0 Å². The van der Waals surface area contributed by atoms with Crippen LogP contribution in [0.5, 0.6) is 0 Å². The average molecular weight is 274 g/mol. The molecule has 8 heteroatoms. The fourth-order valence-corrected chi connectivity index (χ4v) is 2.12. The van der Waals surface area contributed by atoms with Crippen LogP contribution >= 0.6 is 0 Å². The molecule has 18 heavy (non-hydrogen) atoms. The Balaban J connectivity index is 3.00. The number of nitrogens with zero attached hydrogens (tertiary/aromatic N) is 1. The number of nitrogens with two attached hydrogens (primary N) is 1. The van der Waals surface area contributed by atoms with E-state index in [4.69, 9.17) is 5.14 Å². The molecule has 1 aromatic rings. The maximum atomic E-state index is 11.4. The van der Waals surface area contributed by atoms with Gasteiger partial charge in [-0.1, -0.05) is 13.8 Å². The van der Waals surface area contributed by atoms with Crippen molar-refractivity contribution in [3.8, 4) is 0 Å². The largest absolute Gasteiger partial charge is 0.359 e. The second kappa shape index (κ2) is 5.49. The molecule has 7 nitrogen and oxygen atoms in total. The lowest BCUT2D eigenvalue weighted by atomic mass is 9.89. The monoisotopic (exact) mass is 274 g/mol. The summed E-state index contributed by atoms with van der Waals surface area (Å²) in [6.45, 7) is 3.90. The third-order valence-electron chi connectivity index (χ3n) is 2.75. The zero-order chi connectivity index (χ0) is 13.9. The van der Waals surface area contributed by atoms with E-state index in [-0.39, 0.29) is 29.2 Å². The van der Waals surface area contributed by atoms with Gasteiger partial charge in [-0.25, -0.2) is 13.6 Å². The number of primary sulfonamides is 1. The van der Waals surface area contributed by atoms with E-state index in [2.05, 4.69) is 15.5 Å². The highest BCUT2D eigenvalue weighted by atomic mass is 32.2. The second-order valence-corrected chi connectivity index (χ2v) is 5.94. The van der Waals surface area contributed by atoms with Crippen LogP contribution in [-0.4, -0.2) is 31.6 Å². The SMILES string of the molecule is CNC(=O)CC(c1cc(S(N)(=O)=O)n[nH]1)C(C)C. The van der Waals surface area contributed by atoms with Gasteiger partial charge in [0.05, 0.1) is 0 Å². The Morgan fingerprint density at radius 2 is 2.17 bits per heavy atom. The molecule has 0 aliphatic heterocycles. The summed E-state index contributed by atoms with van der Waals surface area (Å²) in [7, 11) is -2.26. The van der Waals surface area contributed by atoms with Crippen LogP contribution in [0.15, 0.2) is 11.1 Å². The molecular formula is C10H18N4O3S. The topological polar surface area (TPSA) is 118 Å². The summed E-state index contributed by atoms with van der Waals surface area (Å²) in [6, 6.07) is 1.38. The van der Waals surface area contributed by atoms with E-state index in [0.29, 0.717) is 5.69 Å². The fourth-order valence-electron chi connectivity index (χ4n) is 1.66. The highest BCUT2D eigenvalue weighted by Gasteiger charge is 2.23. The first-order valence-corrected chi connectivity index (χ1v) is 7.09. The normalized spacial score (nSPS) is 13.6. The molecule has 1 unspecified atom stereocenters. The average Bonchev–Trinajstić information content (AvgIpc) is 2.73. The number of aromatic nitrogens is 2. The zero-order valence-corrected chi connectivity index (χ0v) is 11.4. The van der Waals surface area contributed by atoms with Gasteiger partial charge in [0, 0.05) is 25.1 Å². The molecule has 0 saturated carbocycles. The zero-order valence-electron chi connectivity index (χ0n) is 10.6. The van der Waals surface area contributed by atoms with Gasteiger partial charge in [0.15, 0.2) is 5.03 Å². The summed E-state index contributed by atoms with van der Waals surface area (Å²) in [5, 5.41) is 13.6. The summed E-state index contributed by atoms with van der Waals surface area (Å²) >= 11 is 0. The van der Waals surface area contributed by atoms with Crippen molar-refractivity contribution < 1.29 is 13.2 Å². The predicted molar refractivity (Wildman–Crippen MR) is 66.2 cm³/mol. The minimum absolute atomic E-state index is 0.111. The van der Waals surface area contributed by atoms with E-state index >= 15 is 0 Å². The molecule has 102 valence electrons. The van der Waals surface area contributed by atoms with Gasteiger partial charge < -0.3 is 5.32 Å². The van der Waals surface area contributed by atoms with Crippen molar-refractivity contribution >= 4 is 15.9 Å². The number of carbonyl (C=O) groups excluding carboxylic acids is 1. The molecule has 0 radical (unpaired) electrons. The van der Waals surface area contributed by atoms with Gasteiger partial charge in [0.25, 0.3) is 10.0 Å². The molecule has 0 aliphatic carbocycles. The van der Waals surface area contributed by atoms with Crippen LogP contribution in [0, 0.1) is 5.92 Å². The fraction of sp³-hybridized carbons (Fsp3) is 0.600. The minimum Gasteiger partial charge on any atom is -0.359 e. The molecule has 0 bridgehead atoms. The Labute approximate surface area is 106 Å². The van der Waals surface area contributed by atoms with E-state index in [9.17, 15) is 13.2 Å². The molecule has 0 aliphatic rings. The second-order valence-electron chi connectivity index (χ2n) is 4.43. The summed E-state index contributed by atoms with van der Waals surface area (Å²) in [5.74, 6) is -0.0792. The van der Waals surface area contributed by atoms with Gasteiger partial charge in [0.1, 0.15) is 0 Å². The number of sulfonamides is 1. The molecule has 1 atom stereocenters. The van der Waals surface area contributed by atoms with E-state index in [0.717, 1.165) is 0 Å². The Hall–Kier alpha value is -1.41. The van der Waals surface area contributed by atoms with Gasteiger partial charge in [-0.2, -0.15) is 5.10 Å². The van der Waals surface area contributed by atoms with E-state index in [1.165, 1.54) is 6.07 Å². The Kier molecular flexibility index (Phi) is 4.47. The van der Waals surface area contributed by atoms with Crippen LogP contribution in [0.4, 0.5) is 0 Å². The quantitative estimate of drug-likeness (QED) is 0.696. The molecule has 4 N–H and O–H groups in total. The molecule has 1 aromatic heterocycles. The van der Waals surface area contributed by atoms with Crippen molar-refractivity contribution in [2.75, 3.05) is 7.05 Å². The lowest BCUT2D eigenvalue weighted by Crippen LogP contribution is -2.22. The van der Waals surface area contributed by atoms with Crippen molar-refractivity contribution in [3.63, 3.8) is 0 Å². The van der Waals surface area contributed by atoms with Gasteiger partial charge in [0.2, 0.25) is 5.91 Å². The number of carbonyl (C=O) groups is 1. The lowest BCUT2D eigenvalue weighted by molar-refractivity contribution is -0.121. The molecule has 0 fully saturated rings. The minimum atomic E-state index is -3.82. The van der Waals surface area contributed by atoms with Gasteiger partial charge >= 0.3 is 0 Å². The maximum absolute atomic E-state index is 11.4. The Bertz CT molecular complexity index is 521. The molecule has 0 saturated heterocycles. The number of aromatic amines is 1. The lowest BCUT2D eigenvalue weighted by Gasteiger charge is -2.18. The summed E-state index contributed by atoms with van der Waals surface area (Å²) in [6.07, 6.45) is 0.264. The number of hydrogen-bond acceptors (Lipinski definition) is 4. The van der Waals surface area contributed by atoms with E-state index in [1.807, 2.05) is 13.8 Å². The van der Waals surface area contributed by atoms with Crippen molar-refractivity contribution in [1.29, 1.82) is 0 Å². The predicted octanol–water partition coefficient (Wildman–Crippen LogP) is -0.0672. The van der Waals surface area contributed by atoms with Crippen LogP contribution in [0.3, 0.4) is 0 Å². The highest BCUT2D eigenvalue weighted by Crippen LogP contribution is 2.27. The Morgan fingerprint density at radius 3 is 2.56 bits per heavy atom. The first kappa shape index (κ1) is 14.7. The van der Waals surface area contributed by atoms with Crippen LogP contribution < -0.4 is 10.5 Å². The van der Waals surface area contributed by atoms with Crippen molar-refractivity contribution in [3.05, 3.63) is 11.8 Å². The van der Waals surface area contributed by atoms with E-state index in [1.54, 1.807) is 7.05 Å². The van der Waals surface area contributed by atoms with Crippen molar-refractivity contribution in [2.45, 2.75) is 31.2 Å². The molecule has 1 rings (SSSR count). The molecule has 1 heterocycles. The number of hydrogen-bond donors (Lipinski definition) is 3. The first-order chi connectivity index (χ1) is 8.25. The summed E-state index contributed by atoms with van der Waals surface area (Å²) in [5.41, 5.74) is 0.595. The van der Waals surface area contributed by atoms with Crippen LogP contribution in [0.1, 0.15) is 31.9 Å². The smallest absolute Gasteiger partial charge is 0.257 e. The summed E-state index contributed by atoms with van der Waals surface area (Å²) < 4.78 is 22.3. The van der Waals surface area contributed by atoms with Crippen molar-refractivity contribution in [1.82, 2.24) is 15.5 Å². The number of rotatable bonds is 5. The molecule has 0 aromatic carbocycles. The number of amides is 1. The van der Waals surface area contributed by atoms with Crippen LogP contribution in [0.2, 0.25) is 0 Å². The van der Waals surface area contributed by atoms with Crippen LogP contribution in [-0.2, 0) is 14.8 Å². The van der Waals surface area contributed by atoms with Crippen molar-refractivity contribution in [2.24, 2.45) is 11.1 Å². The number of H-pyrrole nitrogens is 1. The molecular weight excluding hydrogens is 256 g/mol. The highest BCUT2D eigenvalue weighted by molar-refractivity contribution is 7.89. The first-order valence-electron chi connectivity index (χ1n) is 5.54. The number of nitrogens with one attached hydrogen (secondary N) is 2. The summed E-state index contributed by atoms with van der Waals surface area (Å²) in [4.78, 5) is 11.4. The third kappa shape index (κ3) is 3.54. The maximum Gasteiger partial charge on any atom is 0.257 e. The van der Waals surface area contributed by atoms with Gasteiger partial charge in [-0.3, -0.25) is 9.89 Å².